The second kappa shape index (κ2) is 7.00. The summed E-state index contributed by atoms with van der Waals surface area (Å²) in [6.45, 7) is 4.47. The van der Waals surface area contributed by atoms with Gasteiger partial charge in [-0.05, 0) is 44.4 Å². The van der Waals surface area contributed by atoms with Crippen molar-refractivity contribution in [3.63, 3.8) is 0 Å². The fraction of sp³-hybridized carbons (Fsp3) is 0.450. The summed E-state index contributed by atoms with van der Waals surface area (Å²) in [6, 6.07) is 5.53. The summed E-state index contributed by atoms with van der Waals surface area (Å²) in [6.07, 6.45) is 4.32. The van der Waals surface area contributed by atoms with Gasteiger partial charge in [-0.3, -0.25) is 9.59 Å². The molecule has 142 valence electrons. The molecule has 7 heteroatoms. The van der Waals surface area contributed by atoms with E-state index < -0.39 is 0 Å². The quantitative estimate of drug-likeness (QED) is 0.859. The summed E-state index contributed by atoms with van der Waals surface area (Å²) >= 11 is 6.38. The van der Waals surface area contributed by atoms with Crippen LogP contribution in [0.1, 0.15) is 65.9 Å². The van der Waals surface area contributed by atoms with Crippen LogP contribution in [0.2, 0.25) is 5.02 Å². The van der Waals surface area contributed by atoms with Crippen LogP contribution in [0, 0.1) is 0 Å². The molecule has 1 aliphatic heterocycles. The van der Waals surface area contributed by atoms with Crippen LogP contribution in [-0.2, 0) is 6.54 Å². The third kappa shape index (κ3) is 3.34. The van der Waals surface area contributed by atoms with Crippen molar-refractivity contribution in [3.05, 3.63) is 40.0 Å². The second-order valence-corrected chi connectivity index (χ2v) is 7.96. The molecule has 0 atom stereocenters. The predicted octanol–water partition coefficient (Wildman–Crippen LogP) is 4.03. The van der Waals surface area contributed by atoms with Gasteiger partial charge in [0.05, 0.1) is 10.6 Å². The molecule has 6 nitrogen and oxygen atoms in total. The normalized spacial score (nSPS) is 17.0. The maximum absolute atomic E-state index is 12.5. The first-order valence-corrected chi connectivity index (χ1v) is 9.73. The van der Waals surface area contributed by atoms with Crippen molar-refractivity contribution in [2.24, 2.45) is 0 Å². The van der Waals surface area contributed by atoms with Crippen molar-refractivity contribution in [1.82, 2.24) is 15.4 Å². The number of carbonyl (C=O) groups is 2. The number of benzene rings is 1. The van der Waals surface area contributed by atoms with Gasteiger partial charge in [0.2, 0.25) is 0 Å². The largest absolute Gasteiger partial charge is 0.355 e. The molecule has 1 saturated carbocycles. The second-order valence-electron chi connectivity index (χ2n) is 7.55. The molecular weight excluding hydrogens is 366 g/mol. The zero-order chi connectivity index (χ0) is 19.1. The van der Waals surface area contributed by atoms with Crippen LogP contribution in [0.15, 0.2) is 22.7 Å². The molecule has 0 unspecified atom stereocenters. The van der Waals surface area contributed by atoms with Crippen molar-refractivity contribution in [2.75, 3.05) is 0 Å². The van der Waals surface area contributed by atoms with Gasteiger partial charge in [0.25, 0.3) is 11.8 Å². The van der Waals surface area contributed by atoms with Crippen molar-refractivity contribution in [1.29, 1.82) is 0 Å². The minimum absolute atomic E-state index is 0.0502. The Labute approximate surface area is 162 Å². The van der Waals surface area contributed by atoms with Crippen LogP contribution in [-0.4, -0.2) is 34.0 Å². The molecule has 1 aromatic heterocycles. The van der Waals surface area contributed by atoms with Crippen molar-refractivity contribution < 1.29 is 14.1 Å². The Bertz CT molecular complexity index is 900. The van der Waals surface area contributed by atoms with E-state index in [-0.39, 0.29) is 29.6 Å². The molecular formula is C20H22ClN3O3. The van der Waals surface area contributed by atoms with Gasteiger partial charge in [0.1, 0.15) is 0 Å². The number of hydrogen-bond donors (Lipinski definition) is 1. The molecule has 1 aliphatic carbocycles. The Morgan fingerprint density at radius 3 is 2.74 bits per heavy atom. The molecule has 2 amide bonds. The molecule has 2 heterocycles. The van der Waals surface area contributed by atoms with E-state index in [4.69, 9.17) is 16.1 Å². The number of amides is 2. The average molecular weight is 388 g/mol. The van der Waals surface area contributed by atoms with Crippen LogP contribution < -0.4 is 5.32 Å². The molecule has 0 bridgehead atoms. The lowest BCUT2D eigenvalue weighted by Gasteiger charge is -2.19. The third-order valence-electron chi connectivity index (χ3n) is 5.33. The number of aromatic nitrogens is 1. The van der Waals surface area contributed by atoms with Gasteiger partial charge in [-0.15, -0.1) is 0 Å². The van der Waals surface area contributed by atoms with E-state index in [1.165, 1.54) is 0 Å². The van der Waals surface area contributed by atoms with Gasteiger partial charge in [0, 0.05) is 30.3 Å². The monoisotopic (exact) mass is 387 g/mol. The van der Waals surface area contributed by atoms with Crippen LogP contribution in [0.25, 0.3) is 11.3 Å². The van der Waals surface area contributed by atoms with Gasteiger partial charge in [-0.2, -0.15) is 0 Å². The molecule has 1 N–H and O–H groups in total. The number of rotatable bonds is 4. The first-order valence-electron chi connectivity index (χ1n) is 9.35. The highest BCUT2D eigenvalue weighted by Gasteiger charge is 2.32. The van der Waals surface area contributed by atoms with E-state index in [0.29, 0.717) is 28.5 Å². The van der Waals surface area contributed by atoms with Gasteiger partial charge < -0.3 is 14.7 Å². The number of halogens is 1. The van der Waals surface area contributed by atoms with E-state index in [0.717, 1.165) is 31.2 Å². The lowest BCUT2D eigenvalue weighted by atomic mass is 10.0. The number of carbonyl (C=O) groups excluding carboxylic acids is 2. The summed E-state index contributed by atoms with van der Waals surface area (Å²) in [5, 5.41) is 7.30. The summed E-state index contributed by atoms with van der Waals surface area (Å²) in [7, 11) is 0. The van der Waals surface area contributed by atoms with E-state index in [1.54, 1.807) is 17.0 Å². The topological polar surface area (TPSA) is 75.4 Å². The minimum atomic E-state index is -0.217. The highest BCUT2D eigenvalue weighted by atomic mass is 35.5. The van der Waals surface area contributed by atoms with Crippen molar-refractivity contribution in [2.45, 2.75) is 58.2 Å². The van der Waals surface area contributed by atoms with Crippen molar-refractivity contribution in [3.8, 4) is 11.3 Å². The summed E-state index contributed by atoms with van der Waals surface area (Å²) in [5.74, 6) is 0.197. The maximum atomic E-state index is 12.5. The smallest absolute Gasteiger partial charge is 0.273 e. The first-order chi connectivity index (χ1) is 12.9. The van der Waals surface area contributed by atoms with Gasteiger partial charge >= 0.3 is 0 Å². The third-order valence-corrected chi connectivity index (χ3v) is 5.63. The Morgan fingerprint density at radius 2 is 2.04 bits per heavy atom. The van der Waals surface area contributed by atoms with E-state index >= 15 is 0 Å². The molecule has 0 spiro atoms. The number of hydrogen-bond acceptors (Lipinski definition) is 4. The SMILES string of the molecule is CC(C)N1Cc2cc(-c3cc(C(=O)NC4CCCC4)no3)cc(Cl)c2C1=O. The Hall–Kier alpha value is -2.34. The van der Waals surface area contributed by atoms with E-state index in [1.807, 2.05) is 19.9 Å². The molecule has 0 saturated heterocycles. The minimum Gasteiger partial charge on any atom is -0.355 e. The highest BCUT2D eigenvalue weighted by Crippen LogP contribution is 2.35. The molecule has 1 fully saturated rings. The van der Waals surface area contributed by atoms with Crippen LogP contribution in [0.5, 0.6) is 0 Å². The highest BCUT2D eigenvalue weighted by molar-refractivity contribution is 6.34. The van der Waals surface area contributed by atoms with Gasteiger partial charge in [0.15, 0.2) is 11.5 Å². The number of nitrogens with one attached hydrogen (secondary N) is 1. The van der Waals surface area contributed by atoms with Gasteiger partial charge in [-0.25, -0.2) is 0 Å². The fourth-order valence-electron chi connectivity index (χ4n) is 3.83. The maximum Gasteiger partial charge on any atom is 0.273 e. The molecule has 2 aromatic rings. The van der Waals surface area contributed by atoms with Crippen LogP contribution in [0.4, 0.5) is 0 Å². The zero-order valence-electron chi connectivity index (χ0n) is 15.4. The van der Waals surface area contributed by atoms with Gasteiger partial charge in [-0.1, -0.05) is 29.6 Å². The average Bonchev–Trinajstić information content (AvgIpc) is 3.34. The Balaban J connectivity index is 1.58. The van der Waals surface area contributed by atoms with Crippen molar-refractivity contribution >= 4 is 23.4 Å². The predicted molar refractivity (Wildman–Crippen MR) is 102 cm³/mol. The number of fused-ring (bicyclic) bond motifs is 1. The van der Waals surface area contributed by atoms with Crippen LogP contribution in [0.3, 0.4) is 0 Å². The summed E-state index contributed by atoms with van der Waals surface area (Å²) in [4.78, 5) is 26.6. The number of nitrogens with zero attached hydrogens (tertiary/aromatic N) is 2. The standard InChI is InChI=1S/C20H22ClN3O3/c1-11(2)24-10-13-7-12(8-15(21)18(13)20(24)26)17-9-16(23-27-17)19(25)22-14-5-3-4-6-14/h7-9,11,14H,3-6,10H2,1-2H3,(H,22,25). The van der Waals surface area contributed by atoms with Crippen LogP contribution >= 0.6 is 11.6 Å². The molecule has 4 rings (SSSR count). The van der Waals surface area contributed by atoms with E-state index in [9.17, 15) is 9.59 Å². The zero-order valence-corrected chi connectivity index (χ0v) is 16.2. The van der Waals surface area contributed by atoms with E-state index in [2.05, 4.69) is 10.5 Å². The molecule has 2 aliphatic rings. The summed E-state index contributed by atoms with van der Waals surface area (Å²) < 4.78 is 5.38. The molecule has 27 heavy (non-hydrogen) atoms. The Kier molecular flexibility index (Phi) is 4.68. The lowest BCUT2D eigenvalue weighted by molar-refractivity contribution is 0.0730. The fourth-order valence-corrected chi connectivity index (χ4v) is 4.15. The first kappa shape index (κ1) is 18.0. The Morgan fingerprint density at radius 1 is 1.30 bits per heavy atom. The molecule has 0 radical (unpaired) electrons. The lowest BCUT2D eigenvalue weighted by Crippen LogP contribution is -2.32. The molecule has 1 aromatic carbocycles. The summed E-state index contributed by atoms with van der Waals surface area (Å²) in [5.41, 5.74) is 2.38.